The lowest BCUT2D eigenvalue weighted by molar-refractivity contribution is 0.171. The van der Waals surface area contributed by atoms with Gasteiger partial charge in [-0.2, -0.15) is 0 Å². The van der Waals surface area contributed by atoms with Crippen LogP contribution in [0.2, 0.25) is 0 Å². The standard InChI is InChI=1S/C16H16BrNO3/c17-14-8-16-15(19-4-5-20-16)7-12(14)10-21-13-3-1-2-11(6-13)9-18/h1-3,6-8H,4-5,9-10,18H2. The van der Waals surface area contributed by atoms with Gasteiger partial charge in [0.05, 0.1) is 0 Å². The first-order valence-corrected chi connectivity index (χ1v) is 7.55. The molecule has 0 spiro atoms. The van der Waals surface area contributed by atoms with Crippen molar-refractivity contribution in [2.45, 2.75) is 13.2 Å². The number of nitrogens with two attached hydrogens (primary N) is 1. The number of halogens is 1. The molecule has 0 bridgehead atoms. The summed E-state index contributed by atoms with van der Waals surface area (Å²) in [4.78, 5) is 0. The molecule has 0 unspecified atom stereocenters. The normalized spacial score (nSPS) is 13.0. The highest BCUT2D eigenvalue weighted by atomic mass is 79.9. The highest BCUT2D eigenvalue weighted by molar-refractivity contribution is 9.10. The van der Waals surface area contributed by atoms with Crippen LogP contribution >= 0.6 is 15.9 Å². The predicted molar refractivity (Wildman–Crippen MR) is 83.8 cm³/mol. The van der Waals surface area contributed by atoms with E-state index in [1.165, 1.54) is 0 Å². The van der Waals surface area contributed by atoms with E-state index in [1.807, 2.05) is 36.4 Å². The van der Waals surface area contributed by atoms with E-state index in [9.17, 15) is 0 Å². The van der Waals surface area contributed by atoms with Crippen LogP contribution < -0.4 is 19.9 Å². The minimum absolute atomic E-state index is 0.450. The highest BCUT2D eigenvalue weighted by Crippen LogP contribution is 2.35. The number of fused-ring (bicyclic) bond motifs is 1. The summed E-state index contributed by atoms with van der Waals surface area (Å²) in [5, 5.41) is 0. The van der Waals surface area contributed by atoms with E-state index >= 15 is 0 Å². The Morgan fingerprint density at radius 2 is 1.86 bits per heavy atom. The van der Waals surface area contributed by atoms with Crippen molar-refractivity contribution in [3.05, 3.63) is 52.0 Å². The maximum atomic E-state index is 5.82. The summed E-state index contributed by atoms with van der Waals surface area (Å²) < 4.78 is 17.9. The zero-order valence-corrected chi connectivity index (χ0v) is 13.1. The fourth-order valence-electron chi connectivity index (χ4n) is 2.14. The van der Waals surface area contributed by atoms with Gasteiger partial charge in [-0.05, 0) is 29.8 Å². The molecule has 5 heteroatoms. The largest absolute Gasteiger partial charge is 0.489 e. The molecule has 0 aliphatic carbocycles. The zero-order valence-electron chi connectivity index (χ0n) is 11.5. The molecule has 0 fully saturated rings. The Kier molecular flexibility index (Phi) is 4.31. The number of benzene rings is 2. The maximum absolute atomic E-state index is 5.82. The third-order valence-electron chi connectivity index (χ3n) is 3.24. The molecular weight excluding hydrogens is 334 g/mol. The van der Waals surface area contributed by atoms with Crippen LogP contribution in [0.3, 0.4) is 0 Å². The van der Waals surface area contributed by atoms with Gasteiger partial charge in [0, 0.05) is 16.6 Å². The van der Waals surface area contributed by atoms with Gasteiger partial charge in [0.1, 0.15) is 25.6 Å². The Balaban J connectivity index is 1.75. The van der Waals surface area contributed by atoms with Gasteiger partial charge in [0.25, 0.3) is 0 Å². The van der Waals surface area contributed by atoms with Gasteiger partial charge in [-0.3, -0.25) is 0 Å². The molecule has 21 heavy (non-hydrogen) atoms. The van der Waals surface area contributed by atoms with Crippen LogP contribution in [0.1, 0.15) is 11.1 Å². The molecule has 0 saturated heterocycles. The molecule has 1 aliphatic heterocycles. The fourth-order valence-corrected chi connectivity index (χ4v) is 2.58. The summed E-state index contributed by atoms with van der Waals surface area (Å²) in [6, 6.07) is 11.7. The topological polar surface area (TPSA) is 53.7 Å². The molecule has 4 nitrogen and oxygen atoms in total. The Hall–Kier alpha value is -1.72. The molecule has 0 aromatic heterocycles. The van der Waals surface area contributed by atoms with Crippen molar-refractivity contribution < 1.29 is 14.2 Å². The quantitative estimate of drug-likeness (QED) is 0.920. The van der Waals surface area contributed by atoms with E-state index in [4.69, 9.17) is 19.9 Å². The van der Waals surface area contributed by atoms with E-state index in [0.29, 0.717) is 26.4 Å². The number of hydrogen-bond acceptors (Lipinski definition) is 4. The van der Waals surface area contributed by atoms with Crippen molar-refractivity contribution in [1.82, 2.24) is 0 Å². The summed E-state index contributed by atoms with van der Waals surface area (Å²) in [5.74, 6) is 2.33. The molecule has 0 radical (unpaired) electrons. The lowest BCUT2D eigenvalue weighted by Gasteiger charge is -2.20. The Morgan fingerprint density at radius 3 is 2.62 bits per heavy atom. The molecule has 110 valence electrons. The molecule has 2 N–H and O–H groups in total. The van der Waals surface area contributed by atoms with Crippen molar-refractivity contribution in [1.29, 1.82) is 0 Å². The van der Waals surface area contributed by atoms with E-state index < -0.39 is 0 Å². The first kappa shape index (κ1) is 14.2. The second kappa shape index (κ2) is 6.37. The molecule has 3 rings (SSSR count). The number of ether oxygens (including phenoxy) is 3. The summed E-state index contributed by atoms with van der Waals surface area (Å²) in [6.07, 6.45) is 0. The summed E-state index contributed by atoms with van der Waals surface area (Å²) in [5.41, 5.74) is 7.69. The predicted octanol–water partition coefficient (Wildman–Crippen LogP) is 3.26. The van der Waals surface area contributed by atoms with Crippen molar-refractivity contribution in [2.75, 3.05) is 13.2 Å². The molecule has 0 saturated carbocycles. The third kappa shape index (κ3) is 3.31. The van der Waals surface area contributed by atoms with Gasteiger partial charge in [0.15, 0.2) is 11.5 Å². The molecular formula is C16H16BrNO3. The third-order valence-corrected chi connectivity index (χ3v) is 3.98. The van der Waals surface area contributed by atoms with Crippen molar-refractivity contribution in [2.24, 2.45) is 5.73 Å². The molecule has 2 aromatic rings. The van der Waals surface area contributed by atoms with Crippen LogP contribution in [-0.4, -0.2) is 13.2 Å². The van der Waals surface area contributed by atoms with Gasteiger partial charge in [0.2, 0.25) is 0 Å². The second-order valence-electron chi connectivity index (χ2n) is 4.73. The van der Waals surface area contributed by atoms with Crippen LogP contribution in [0.5, 0.6) is 17.2 Å². The van der Waals surface area contributed by atoms with Gasteiger partial charge < -0.3 is 19.9 Å². The first-order chi connectivity index (χ1) is 10.3. The summed E-state index contributed by atoms with van der Waals surface area (Å²) in [6.45, 7) is 2.12. The van der Waals surface area contributed by atoms with Gasteiger partial charge in [-0.1, -0.05) is 28.1 Å². The average molecular weight is 350 g/mol. The van der Waals surface area contributed by atoms with Crippen LogP contribution in [0.4, 0.5) is 0 Å². The lowest BCUT2D eigenvalue weighted by atomic mass is 10.2. The number of hydrogen-bond donors (Lipinski definition) is 1. The average Bonchev–Trinajstić information content (AvgIpc) is 2.53. The molecule has 0 amide bonds. The molecule has 1 aliphatic rings. The zero-order chi connectivity index (χ0) is 14.7. The maximum Gasteiger partial charge on any atom is 0.162 e. The van der Waals surface area contributed by atoms with Gasteiger partial charge >= 0.3 is 0 Å². The Bertz CT molecular complexity index is 645. The molecule has 1 heterocycles. The van der Waals surface area contributed by atoms with E-state index in [0.717, 1.165) is 32.8 Å². The number of rotatable bonds is 4. The van der Waals surface area contributed by atoms with Crippen LogP contribution in [0.25, 0.3) is 0 Å². The lowest BCUT2D eigenvalue weighted by Crippen LogP contribution is -2.15. The van der Waals surface area contributed by atoms with Crippen molar-refractivity contribution in [3.63, 3.8) is 0 Å². The summed E-state index contributed by atoms with van der Waals surface area (Å²) >= 11 is 3.54. The second-order valence-corrected chi connectivity index (χ2v) is 5.58. The smallest absolute Gasteiger partial charge is 0.162 e. The SMILES string of the molecule is NCc1cccc(OCc2cc3c(cc2Br)OCCO3)c1. The monoisotopic (exact) mass is 349 g/mol. The van der Waals surface area contributed by atoms with Crippen LogP contribution in [0.15, 0.2) is 40.9 Å². The van der Waals surface area contributed by atoms with Gasteiger partial charge in [-0.15, -0.1) is 0 Å². The first-order valence-electron chi connectivity index (χ1n) is 6.76. The van der Waals surface area contributed by atoms with Crippen LogP contribution in [-0.2, 0) is 13.2 Å². The van der Waals surface area contributed by atoms with Crippen LogP contribution in [0, 0.1) is 0 Å². The van der Waals surface area contributed by atoms with Crippen molar-refractivity contribution in [3.8, 4) is 17.2 Å². The van der Waals surface area contributed by atoms with Crippen molar-refractivity contribution >= 4 is 15.9 Å². The fraction of sp³-hybridized carbons (Fsp3) is 0.250. The van der Waals surface area contributed by atoms with E-state index in [-0.39, 0.29) is 0 Å². The Morgan fingerprint density at radius 1 is 1.10 bits per heavy atom. The van der Waals surface area contributed by atoms with Gasteiger partial charge in [-0.25, -0.2) is 0 Å². The van der Waals surface area contributed by atoms with E-state index in [2.05, 4.69) is 15.9 Å². The Labute approximate surface area is 131 Å². The minimum Gasteiger partial charge on any atom is -0.489 e. The molecule has 2 aromatic carbocycles. The summed E-state index contributed by atoms with van der Waals surface area (Å²) in [7, 11) is 0. The van der Waals surface area contributed by atoms with E-state index in [1.54, 1.807) is 0 Å². The molecule has 0 atom stereocenters. The highest BCUT2D eigenvalue weighted by Gasteiger charge is 2.15. The minimum atomic E-state index is 0.450.